The van der Waals surface area contributed by atoms with Gasteiger partial charge in [-0.25, -0.2) is 9.59 Å². The van der Waals surface area contributed by atoms with Crippen LogP contribution in [0.4, 0.5) is 4.79 Å². The van der Waals surface area contributed by atoms with E-state index in [9.17, 15) is 19.5 Å². The molecule has 0 spiro atoms. The highest BCUT2D eigenvalue weighted by atomic mass is 16.5. The van der Waals surface area contributed by atoms with Gasteiger partial charge in [0.05, 0.1) is 0 Å². The third-order valence-electron chi connectivity index (χ3n) is 6.34. The van der Waals surface area contributed by atoms with Gasteiger partial charge in [0.15, 0.2) is 0 Å². The molecule has 34 heavy (non-hydrogen) atoms. The summed E-state index contributed by atoms with van der Waals surface area (Å²) in [7, 11) is 0. The van der Waals surface area contributed by atoms with E-state index in [0.29, 0.717) is 12.8 Å². The molecule has 2 atom stereocenters. The Bertz CT molecular complexity index is 974. The normalized spacial score (nSPS) is 14.1. The highest BCUT2D eigenvalue weighted by Crippen LogP contribution is 2.44. The zero-order valence-corrected chi connectivity index (χ0v) is 20.0. The zero-order valence-electron chi connectivity index (χ0n) is 20.0. The number of fused-ring (bicyclic) bond motifs is 3. The quantitative estimate of drug-likeness (QED) is 0.445. The molecule has 3 rings (SSSR count). The zero-order chi connectivity index (χ0) is 24.7. The van der Waals surface area contributed by atoms with Crippen molar-refractivity contribution in [2.24, 2.45) is 5.92 Å². The smallest absolute Gasteiger partial charge is 0.407 e. The highest BCUT2D eigenvalue weighted by molar-refractivity contribution is 5.84. The highest BCUT2D eigenvalue weighted by Gasteiger charge is 2.30. The van der Waals surface area contributed by atoms with Crippen molar-refractivity contribution < 1.29 is 24.2 Å². The number of alkyl carbamates (subject to hydrolysis) is 1. The standard InChI is InChI=1S/C27H34N2O5/c1-4-5-14-23(26(31)32)28-25(30)15-24(17(2)3)29-27(33)34-16-22-20-12-8-6-10-18(20)19-11-7-9-13-21(19)22/h6-13,17,22-24H,4-5,14-16H2,1-3H3,(H,28,30)(H,29,33)(H,31,32)/t23-,24+/m0/s1. The molecule has 0 saturated heterocycles. The maximum Gasteiger partial charge on any atom is 0.407 e. The van der Waals surface area contributed by atoms with Gasteiger partial charge in [-0.15, -0.1) is 0 Å². The van der Waals surface area contributed by atoms with E-state index >= 15 is 0 Å². The van der Waals surface area contributed by atoms with Gasteiger partial charge in [0.2, 0.25) is 5.91 Å². The number of hydrogen-bond acceptors (Lipinski definition) is 4. The average Bonchev–Trinajstić information content (AvgIpc) is 3.13. The third kappa shape index (κ3) is 6.16. The van der Waals surface area contributed by atoms with Crippen molar-refractivity contribution in [2.45, 2.75) is 64.5 Å². The summed E-state index contributed by atoms with van der Waals surface area (Å²) in [6, 6.07) is 14.8. The SMILES string of the molecule is CCCC[C@H](NC(=O)C[C@@H](NC(=O)OCC1c2ccccc2-c2ccccc21)C(C)C)C(=O)O. The number of nitrogens with one attached hydrogen (secondary N) is 2. The molecular formula is C27H34N2O5. The van der Waals surface area contributed by atoms with Gasteiger partial charge in [0.1, 0.15) is 12.6 Å². The second-order valence-corrected chi connectivity index (χ2v) is 9.13. The number of carbonyl (C=O) groups is 3. The first-order chi connectivity index (χ1) is 16.3. The van der Waals surface area contributed by atoms with Crippen LogP contribution >= 0.6 is 0 Å². The Morgan fingerprint density at radius 1 is 0.971 bits per heavy atom. The molecular weight excluding hydrogens is 432 g/mol. The van der Waals surface area contributed by atoms with Crippen molar-refractivity contribution in [3.05, 3.63) is 59.7 Å². The van der Waals surface area contributed by atoms with Crippen molar-refractivity contribution in [1.82, 2.24) is 10.6 Å². The predicted octanol–water partition coefficient (Wildman–Crippen LogP) is 4.70. The minimum atomic E-state index is -1.05. The van der Waals surface area contributed by atoms with Gasteiger partial charge in [-0.05, 0) is 34.6 Å². The lowest BCUT2D eigenvalue weighted by Crippen LogP contribution is -2.46. The molecule has 0 aromatic heterocycles. The summed E-state index contributed by atoms with van der Waals surface area (Å²) < 4.78 is 5.60. The Kier molecular flexibility index (Phi) is 8.68. The first kappa shape index (κ1) is 25.3. The van der Waals surface area contributed by atoms with Crippen LogP contribution in [0.2, 0.25) is 0 Å². The van der Waals surface area contributed by atoms with E-state index in [1.807, 2.05) is 45.0 Å². The lowest BCUT2D eigenvalue weighted by molar-refractivity contribution is -0.142. The van der Waals surface area contributed by atoms with Crippen molar-refractivity contribution >= 4 is 18.0 Å². The minimum absolute atomic E-state index is 0.0161. The predicted molar refractivity (Wildman–Crippen MR) is 131 cm³/mol. The van der Waals surface area contributed by atoms with Crippen LogP contribution in [-0.2, 0) is 14.3 Å². The first-order valence-electron chi connectivity index (χ1n) is 12.0. The van der Waals surface area contributed by atoms with Crippen LogP contribution in [-0.4, -0.2) is 41.8 Å². The molecule has 0 radical (unpaired) electrons. The number of unbranched alkanes of at least 4 members (excludes halogenated alkanes) is 1. The van der Waals surface area contributed by atoms with E-state index in [2.05, 4.69) is 34.9 Å². The summed E-state index contributed by atoms with van der Waals surface area (Å²) >= 11 is 0. The molecule has 0 fully saturated rings. The van der Waals surface area contributed by atoms with E-state index in [1.165, 1.54) is 0 Å². The average molecular weight is 467 g/mol. The number of aliphatic carboxylic acids is 1. The number of amides is 2. The fourth-order valence-electron chi connectivity index (χ4n) is 4.36. The van der Waals surface area contributed by atoms with Crippen LogP contribution in [0, 0.1) is 5.92 Å². The van der Waals surface area contributed by atoms with E-state index in [0.717, 1.165) is 28.7 Å². The molecule has 0 saturated carbocycles. The van der Waals surface area contributed by atoms with Crippen molar-refractivity contribution in [3.63, 3.8) is 0 Å². The molecule has 0 heterocycles. The topological polar surface area (TPSA) is 105 Å². The first-order valence-corrected chi connectivity index (χ1v) is 12.0. The number of carboxylic acid groups (broad SMARTS) is 1. The summed E-state index contributed by atoms with van der Waals surface area (Å²) in [4.78, 5) is 36.5. The Balaban J connectivity index is 1.58. The van der Waals surface area contributed by atoms with Gasteiger partial charge >= 0.3 is 12.1 Å². The Morgan fingerprint density at radius 3 is 2.09 bits per heavy atom. The molecule has 2 amide bonds. The summed E-state index contributed by atoms with van der Waals surface area (Å²) in [6.45, 7) is 5.95. The van der Waals surface area contributed by atoms with Crippen LogP contribution in [0.15, 0.2) is 48.5 Å². The van der Waals surface area contributed by atoms with Gasteiger partial charge in [-0.1, -0.05) is 82.1 Å². The number of carboxylic acids is 1. The molecule has 3 N–H and O–H groups in total. The molecule has 0 bridgehead atoms. The lowest BCUT2D eigenvalue weighted by Gasteiger charge is -2.23. The molecule has 7 nitrogen and oxygen atoms in total. The second-order valence-electron chi connectivity index (χ2n) is 9.13. The van der Waals surface area contributed by atoms with Gasteiger partial charge in [0.25, 0.3) is 0 Å². The molecule has 0 aliphatic heterocycles. The van der Waals surface area contributed by atoms with Crippen LogP contribution in [0.3, 0.4) is 0 Å². The molecule has 182 valence electrons. The van der Waals surface area contributed by atoms with E-state index in [4.69, 9.17) is 4.74 Å². The number of carbonyl (C=O) groups excluding carboxylic acids is 2. The van der Waals surface area contributed by atoms with Crippen LogP contribution in [0.1, 0.15) is 63.5 Å². The summed E-state index contributed by atoms with van der Waals surface area (Å²) in [5.41, 5.74) is 4.56. The van der Waals surface area contributed by atoms with Crippen molar-refractivity contribution in [1.29, 1.82) is 0 Å². The number of ether oxygens (including phenoxy) is 1. The maximum absolute atomic E-state index is 12.6. The third-order valence-corrected chi connectivity index (χ3v) is 6.34. The fourth-order valence-corrected chi connectivity index (χ4v) is 4.36. The molecule has 1 aliphatic carbocycles. The Labute approximate surface area is 200 Å². The van der Waals surface area contributed by atoms with Gasteiger partial charge in [0, 0.05) is 18.4 Å². The summed E-state index contributed by atoms with van der Waals surface area (Å²) in [5.74, 6) is -1.53. The van der Waals surface area contributed by atoms with E-state index < -0.39 is 30.1 Å². The Hall–Kier alpha value is -3.35. The number of rotatable bonds is 11. The molecule has 2 aromatic rings. The van der Waals surface area contributed by atoms with Crippen LogP contribution < -0.4 is 10.6 Å². The van der Waals surface area contributed by atoms with Crippen LogP contribution in [0.25, 0.3) is 11.1 Å². The van der Waals surface area contributed by atoms with Crippen molar-refractivity contribution in [2.75, 3.05) is 6.61 Å². The fraction of sp³-hybridized carbons (Fsp3) is 0.444. The monoisotopic (exact) mass is 466 g/mol. The molecule has 0 unspecified atom stereocenters. The summed E-state index contributed by atoms with van der Waals surface area (Å²) in [6.07, 6.45) is 1.33. The van der Waals surface area contributed by atoms with Gasteiger partial charge in [-0.2, -0.15) is 0 Å². The number of benzene rings is 2. The molecule has 1 aliphatic rings. The van der Waals surface area contributed by atoms with Gasteiger partial charge in [-0.3, -0.25) is 4.79 Å². The minimum Gasteiger partial charge on any atom is -0.480 e. The van der Waals surface area contributed by atoms with E-state index in [-0.39, 0.29) is 24.9 Å². The van der Waals surface area contributed by atoms with Crippen LogP contribution in [0.5, 0.6) is 0 Å². The van der Waals surface area contributed by atoms with E-state index in [1.54, 1.807) is 0 Å². The number of hydrogen-bond donors (Lipinski definition) is 3. The summed E-state index contributed by atoms with van der Waals surface area (Å²) in [5, 5.41) is 14.7. The largest absolute Gasteiger partial charge is 0.480 e. The molecule has 7 heteroatoms. The molecule has 2 aromatic carbocycles. The second kappa shape index (κ2) is 11.7. The maximum atomic E-state index is 12.6. The van der Waals surface area contributed by atoms with Crippen molar-refractivity contribution in [3.8, 4) is 11.1 Å². The Morgan fingerprint density at radius 2 is 1.56 bits per heavy atom. The van der Waals surface area contributed by atoms with Gasteiger partial charge < -0.3 is 20.5 Å². The lowest BCUT2D eigenvalue weighted by atomic mass is 9.98.